The number of hydrogen-bond donors (Lipinski definition) is 1. The number of rotatable bonds is 3. The van der Waals surface area contributed by atoms with Gasteiger partial charge in [0.15, 0.2) is 0 Å². The molecule has 0 bridgehead atoms. The Kier molecular flexibility index (Phi) is 3.95. The smallest absolute Gasteiger partial charge is 0.233 e. The molecule has 3 rings (SSSR count). The second-order valence-corrected chi connectivity index (χ2v) is 5.84. The van der Waals surface area contributed by atoms with Crippen LogP contribution in [0.3, 0.4) is 0 Å². The van der Waals surface area contributed by atoms with Crippen LogP contribution in [-0.2, 0) is 5.41 Å². The fourth-order valence-electron chi connectivity index (χ4n) is 2.84. The molecule has 21 heavy (non-hydrogen) atoms. The molecular weight excluding hydrogens is 293 g/mol. The first kappa shape index (κ1) is 14.5. The van der Waals surface area contributed by atoms with Crippen LogP contribution in [0.4, 0.5) is 4.39 Å². The van der Waals surface area contributed by atoms with E-state index in [0.29, 0.717) is 22.3 Å². The predicted molar refractivity (Wildman–Crippen MR) is 78.8 cm³/mol. The minimum absolute atomic E-state index is 0.0665. The molecule has 6 heteroatoms. The predicted octanol–water partition coefficient (Wildman–Crippen LogP) is 3.56. The summed E-state index contributed by atoms with van der Waals surface area (Å²) in [5.74, 6) is 0.694. The Balaban J connectivity index is 1.95. The second kappa shape index (κ2) is 5.73. The Morgan fingerprint density at radius 3 is 2.81 bits per heavy atom. The highest BCUT2D eigenvalue weighted by molar-refractivity contribution is 6.33. The summed E-state index contributed by atoms with van der Waals surface area (Å²) in [6, 6.07) is 4.18. The monoisotopic (exact) mass is 309 g/mol. The zero-order valence-corrected chi connectivity index (χ0v) is 12.6. The van der Waals surface area contributed by atoms with Gasteiger partial charge in [-0.15, -0.1) is 0 Å². The number of piperidine rings is 1. The van der Waals surface area contributed by atoms with Gasteiger partial charge in [0.25, 0.3) is 0 Å². The molecule has 0 spiro atoms. The summed E-state index contributed by atoms with van der Waals surface area (Å²) in [6.07, 6.45) is 2.90. The lowest BCUT2D eigenvalue weighted by Crippen LogP contribution is -2.39. The maximum absolute atomic E-state index is 13.1. The van der Waals surface area contributed by atoms with E-state index in [2.05, 4.69) is 22.4 Å². The van der Waals surface area contributed by atoms with Crippen LogP contribution in [0.25, 0.3) is 11.4 Å². The number of benzene rings is 1. The average molecular weight is 310 g/mol. The van der Waals surface area contributed by atoms with Crippen molar-refractivity contribution >= 4 is 11.6 Å². The molecule has 1 aliphatic heterocycles. The lowest BCUT2D eigenvalue weighted by Gasteiger charge is -2.33. The molecule has 2 heterocycles. The Hall–Kier alpha value is -1.46. The van der Waals surface area contributed by atoms with Crippen LogP contribution in [0.15, 0.2) is 22.7 Å². The third-order valence-electron chi connectivity index (χ3n) is 4.29. The van der Waals surface area contributed by atoms with Gasteiger partial charge in [0, 0.05) is 5.56 Å². The fourth-order valence-corrected chi connectivity index (χ4v) is 3.09. The summed E-state index contributed by atoms with van der Waals surface area (Å²) in [5, 5.41) is 7.67. The molecule has 1 aliphatic rings. The molecule has 0 aliphatic carbocycles. The van der Waals surface area contributed by atoms with Crippen LogP contribution < -0.4 is 5.32 Å². The van der Waals surface area contributed by atoms with Crippen LogP contribution in [0, 0.1) is 5.82 Å². The van der Waals surface area contributed by atoms with Gasteiger partial charge in [-0.1, -0.05) is 23.7 Å². The highest BCUT2D eigenvalue weighted by Gasteiger charge is 2.37. The van der Waals surface area contributed by atoms with Gasteiger partial charge in [-0.05, 0) is 50.6 Å². The highest BCUT2D eigenvalue weighted by atomic mass is 35.5. The van der Waals surface area contributed by atoms with E-state index in [1.807, 2.05) is 0 Å². The van der Waals surface area contributed by atoms with Crippen molar-refractivity contribution in [3.63, 3.8) is 0 Å². The Morgan fingerprint density at radius 2 is 2.14 bits per heavy atom. The number of hydrogen-bond acceptors (Lipinski definition) is 4. The van der Waals surface area contributed by atoms with Gasteiger partial charge in [-0.2, -0.15) is 4.98 Å². The summed E-state index contributed by atoms with van der Waals surface area (Å²) < 4.78 is 18.6. The van der Waals surface area contributed by atoms with E-state index in [0.717, 1.165) is 32.4 Å². The summed E-state index contributed by atoms with van der Waals surface area (Å²) in [4.78, 5) is 4.53. The molecular formula is C15H17ClFN3O. The van der Waals surface area contributed by atoms with Crippen LogP contribution in [-0.4, -0.2) is 23.2 Å². The van der Waals surface area contributed by atoms with Crippen molar-refractivity contribution in [2.75, 3.05) is 13.1 Å². The van der Waals surface area contributed by atoms with E-state index in [1.165, 1.54) is 12.1 Å². The van der Waals surface area contributed by atoms with E-state index in [9.17, 15) is 4.39 Å². The number of nitrogens with zero attached hydrogens (tertiary/aromatic N) is 2. The van der Waals surface area contributed by atoms with Crippen LogP contribution in [0.2, 0.25) is 5.02 Å². The molecule has 0 saturated carbocycles. The van der Waals surface area contributed by atoms with E-state index in [4.69, 9.17) is 16.1 Å². The normalized spacial score (nSPS) is 17.9. The van der Waals surface area contributed by atoms with Crippen LogP contribution in [0.5, 0.6) is 0 Å². The van der Waals surface area contributed by atoms with E-state index in [1.54, 1.807) is 6.07 Å². The largest absolute Gasteiger partial charge is 0.338 e. The van der Waals surface area contributed by atoms with Crippen molar-refractivity contribution in [3.8, 4) is 11.4 Å². The van der Waals surface area contributed by atoms with E-state index in [-0.39, 0.29) is 11.2 Å². The molecule has 1 aromatic heterocycles. The molecule has 0 radical (unpaired) electrons. The molecule has 1 aromatic carbocycles. The minimum atomic E-state index is -0.379. The van der Waals surface area contributed by atoms with Crippen LogP contribution >= 0.6 is 11.6 Å². The average Bonchev–Trinajstić information content (AvgIpc) is 2.98. The molecule has 1 N–H and O–H groups in total. The number of nitrogens with one attached hydrogen (secondary N) is 1. The summed E-state index contributed by atoms with van der Waals surface area (Å²) in [6.45, 7) is 4.03. The SMILES string of the molecule is CCC1(c2nc(-c3ccc(F)cc3Cl)no2)CCNCC1. The molecule has 112 valence electrons. The van der Waals surface area contributed by atoms with Crippen molar-refractivity contribution < 1.29 is 8.91 Å². The molecule has 0 amide bonds. The van der Waals surface area contributed by atoms with Crippen molar-refractivity contribution in [2.24, 2.45) is 0 Å². The van der Waals surface area contributed by atoms with Crippen molar-refractivity contribution in [1.29, 1.82) is 0 Å². The van der Waals surface area contributed by atoms with E-state index < -0.39 is 0 Å². The van der Waals surface area contributed by atoms with Gasteiger partial charge >= 0.3 is 0 Å². The lowest BCUT2D eigenvalue weighted by atomic mass is 9.76. The molecule has 1 saturated heterocycles. The molecule has 0 unspecified atom stereocenters. The molecule has 1 fully saturated rings. The maximum Gasteiger partial charge on any atom is 0.233 e. The first-order valence-electron chi connectivity index (χ1n) is 7.15. The Labute approximate surface area is 127 Å². The second-order valence-electron chi connectivity index (χ2n) is 5.43. The third kappa shape index (κ3) is 2.68. The minimum Gasteiger partial charge on any atom is -0.338 e. The topological polar surface area (TPSA) is 51.0 Å². The summed E-state index contributed by atoms with van der Waals surface area (Å²) in [5.41, 5.74) is 0.525. The van der Waals surface area contributed by atoms with Gasteiger partial charge in [0.1, 0.15) is 5.82 Å². The molecule has 0 atom stereocenters. The van der Waals surface area contributed by atoms with Gasteiger partial charge in [-0.3, -0.25) is 0 Å². The van der Waals surface area contributed by atoms with Gasteiger partial charge < -0.3 is 9.84 Å². The Bertz CT molecular complexity index is 638. The van der Waals surface area contributed by atoms with Gasteiger partial charge in [0.2, 0.25) is 11.7 Å². The van der Waals surface area contributed by atoms with Gasteiger partial charge in [0.05, 0.1) is 10.4 Å². The summed E-state index contributed by atoms with van der Waals surface area (Å²) in [7, 11) is 0. The first-order chi connectivity index (χ1) is 10.1. The van der Waals surface area contributed by atoms with Crippen LogP contribution in [0.1, 0.15) is 32.1 Å². The Morgan fingerprint density at radius 1 is 1.38 bits per heavy atom. The summed E-state index contributed by atoms with van der Waals surface area (Å²) >= 11 is 6.06. The zero-order chi connectivity index (χ0) is 14.9. The highest BCUT2D eigenvalue weighted by Crippen LogP contribution is 2.37. The van der Waals surface area contributed by atoms with Crippen molar-refractivity contribution in [2.45, 2.75) is 31.6 Å². The quantitative estimate of drug-likeness (QED) is 0.942. The standard InChI is InChI=1S/C15H17ClFN3O/c1-2-15(5-7-18-8-6-15)14-19-13(20-21-14)11-4-3-10(17)9-12(11)16/h3-4,9,18H,2,5-8H2,1H3. The molecule has 2 aromatic rings. The van der Waals surface area contributed by atoms with Crippen molar-refractivity contribution in [3.05, 3.63) is 34.9 Å². The van der Waals surface area contributed by atoms with E-state index >= 15 is 0 Å². The first-order valence-corrected chi connectivity index (χ1v) is 7.53. The lowest BCUT2D eigenvalue weighted by molar-refractivity contribution is 0.216. The number of aromatic nitrogens is 2. The van der Waals surface area contributed by atoms with Gasteiger partial charge in [-0.25, -0.2) is 4.39 Å². The number of halogens is 2. The third-order valence-corrected chi connectivity index (χ3v) is 4.60. The fraction of sp³-hybridized carbons (Fsp3) is 0.467. The maximum atomic E-state index is 13.1. The molecule has 4 nitrogen and oxygen atoms in total. The zero-order valence-electron chi connectivity index (χ0n) is 11.8. The van der Waals surface area contributed by atoms with Crippen molar-refractivity contribution in [1.82, 2.24) is 15.5 Å².